The van der Waals surface area contributed by atoms with Crippen LogP contribution in [0.2, 0.25) is 0 Å². The number of hydrogen-bond donors (Lipinski definition) is 0. The number of nitrogens with zero attached hydrogens (tertiary/aromatic N) is 7. The lowest BCUT2D eigenvalue weighted by Gasteiger charge is -2.34. The Bertz CT molecular complexity index is 948. The van der Waals surface area contributed by atoms with Crippen LogP contribution >= 0.6 is 0 Å². The maximum absolute atomic E-state index is 9.55. The Morgan fingerprint density at radius 3 is 2.81 bits per heavy atom. The van der Waals surface area contributed by atoms with Crippen molar-refractivity contribution in [1.29, 1.82) is 5.26 Å². The van der Waals surface area contributed by atoms with E-state index in [9.17, 15) is 5.26 Å². The van der Waals surface area contributed by atoms with Crippen molar-refractivity contribution in [2.24, 2.45) is 0 Å². The molecular formula is C18H17N7O. The summed E-state index contributed by atoms with van der Waals surface area (Å²) >= 11 is 0. The summed E-state index contributed by atoms with van der Waals surface area (Å²) in [6.45, 7) is 2.70. The maximum atomic E-state index is 9.55. The third-order valence-electron chi connectivity index (χ3n) is 4.52. The van der Waals surface area contributed by atoms with Crippen molar-refractivity contribution in [3.05, 3.63) is 47.7 Å². The zero-order chi connectivity index (χ0) is 17.9. The van der Waals surface area contributed by atoms with E-state index in [4.69, 9.17) is 4.52 Å². The first-order valence-electron chi connectivity index (χ1n) is 8.51. The molecule has 0 bridgehead atoms. The SMILES string of the molecule is Cc1ccnc(N2CCCCC2c2nc(-c3ncccn3)no2)c1C#N. The lowest BCUT2D eigenvalue weighted by Crippen LogP contribution is -2.35. The number of nitriles is 1. The number of anilines is 1. The molecule has 130 valence electrons. The van der Waals surface area contributed by atoms with Crippen LogP contribution in [0, 0.1) is 18.3 Å². The quantitative estimate of drug-likeness (QED) is 0.712. The first-order valence-corrected chi connectivity index (χ1v) is 8.51. The molecule has 8 nitrogen and oxygen atoms in total. The molecule has 1 unspecified atom stereocenters. The molecule has 1 aliphatic rings. The molecule has 8 heteroatoms. The van der Waals surface area contributed by atoms with E-state index in [1.165, 1.54) is 0 Å². The van der Waals surface area contributed by atoms with E-state index in [1.54, 1.807) is 24.7 Å². The highest BCUT2D eigenvalue weighted by Gasteiger charge is 2.31. The van der Waals surface area contributed by atoms with Gasteiger partial charge in [-0.3, -0.25) is 0 Å². The van der Waals surface area contributed by atoms with Crippen molar-refractivity contribution in [3.63, 3.8) is 0 Å². The highest BCUT2D eigenvalue weighted by atomic mass is 16.5. The average molecular weight is 347 g/mol. The Morgan fingerprint density at radius 1 is 1.15 bits per heavy atom. The minimum Gasteiger partial charge on any atom is -0.343 e. The van der Waals surface area contributed by atoms with Gasteiger partial charge < -0.3 is 9.42 Å². The monoisotopic (exact) mass is 347 g/mol. The summed E-state index contributed by atoms with van der Waals surface area (Å²) in [5.41, 5.74) is 1.50. The predicted molar refractivity (Wildman–Crippen MR) is 93.0 cm³/mol. The molecule has 4 rings (SSSR count). The van der Waals surface area contributed by atoms with Gasteiger partial charge >= 0.3 is 0 Å². The second-order valence-corrected chi connectivity index (χ2v) is 6.17. The van der Waals surface area contributed by atoms with Crippen LogP contribution in [-0.4, -0.2) is 31.6 Å². The lowest BCUT2D eigenvalue weighted by atomic mass is 10.0. The average Bonchev–Trinajstić information content (AvgIpc) is 3.18. The van der Waals surface area contributed by atoms with Crippen LogP contribution in [0.15, 0.2) is 35.2 Å². The van der Waals surface area contributed by atoms with Crippen molar-refractivity contribution >= 4 is 5.82 Å². The molecule has 0 aliphatic carbocycles. The van der Waals surface area contributed by atoms with Gasteiger partial charge in [0.25, 0.3) is 0 Å². The molecule has 0 spiro atoms. The fourth-order valence-corrected chi connectivity index (χ4v) is 3.22. The molecule has 1 saturated heterocycles. The van der Waals surface area contributed by atoms with Crippen LogP contribution in [0.25, 0.3) is 11.6 Å². The minimum absolute atomic E-state index is 0.116. The molecule has 1 atom stereocenters. The molecule has 1 fully saturated rings. The Hall–Kier alpha value is -3.34. The highest BCUT2D eigenvalue weighted by Crippen LogP contribution is 2.35. The molecule has 0 N–H and O–H groups in total. The van der Waals surface area contributed by atoms with Crippen LogP contribution in [0.5, 0.6) is 0 Å². The summed E-state index contributed by atoms with van der Waals surface area (Å²) < 4.78 is 5.52. The Balaban J connectivity index is 1.70. The highest BCUT2D eigenvalue weighted by molar-refractivity contribution is 5.58. The summed E-state index contributed by atoms with van der Waals surface area (Å²) in [5, 5.41) is 13.6. The van der Waals surface area contributed by atoms with Gasteiger partial charge in [-0.25, -0.2) is 15.0 Å². The van der Waals surface area contributed by atoms with E-state index in [0.717, 1.165) is 31.4 Å². The van der Waals surface area contributed by atoms with Gasteiger partial charge in [0.15, 0.2) is 0 Å². The molecule has 0 aromatic carbocycles. The van der Waals surface area contributed by atoms with Gasteiger partial charge in [-0.05, 0) is 43.9 Å². The summed E-state index contributed by atoms with van der Waals surface area (Å²) in [7, 11) is 0. The van der Waals surface area contributed by atoms with Gasteiger partial charge in [-0.15, -0.1) is 0 Å². The molecule has 4 heterocycles. The second-order valence-electron chi connectivity index (χ2n) is 6.17. The molecule has 3 aromatic heterocycles. The van der Waals surface area contributed by atoms with E-state index in [2.05, 4.69) is 36.1 Å². The number of hydrogen-bond acceptors (Lipinski definition) is 8. The smallest absolute Gasteiger partial charge is 0.249 e. The summed E-state index contributed by atoms with van der Waals surface area (Å²) in [6.07, 6.45) is 7.95. The first kappa shape index (κ1) is 16.1. The Morgan fingerprint density at radius 2 is 2.00 bits per heavy atom. The van der Waals surface area contributed by atoms with Crippen LogP contribution in [0.1, 0.15) is 42.3 Å². The molecule has 0 radical (unpaired) electrons. The molecule has 0 saturated carbocycles. The fraction of sp³-hybridized carbons (Fsp3) is 0.333. The molecule has 0 amide bonds. The van der Waals surface area contributed by atoms with E-state index in [1.807, 2.05) is 13.0 Å². The summed E-state index contributed by atoms with van der Waals surface area (Å²) in [5.74, 6) is 1.97. The Labute approximate surface area is 150 Å². The van der Waals surface area contributed by atoms with Gasteiger partial charge in [0.2, 0.25) is 17.5 Å². The molecule has 3 aromatic rings. The van der Waals surface area contributed by atoms with Crippen LogP contribution in [0.3, 0.4) is 0 Å². The number of aromatic nitrogens is 5. The summed E-state index contributed by atoms with van der Waals surface area (Å²) in [6, 6.07) is 5.74. The second kappa shape index (κ2) is 6.88. The van der Waals surface area contributed by atoms with Crippen molar-refractivity contribution in [3.8, 4) is 17.7 Å². The van der Waals surface area contributed by atoms with Crippen LogP contribution in [-0.2, 0) is 0 Å². The molecular weight excluding hydrogens is 330 g/mol. The normalized spacial score (nSPS) is 17.1. The number of aryl methyl sites for hydroxylation is 1. The van der Waals surface area contributed by atoms with E-state index < -0.39 is 0 Å². The standard InChI is InChI=1S/C18H17N7O/c1-12-6-9-22-17(13(12)11-19)25-10-3-2-5-14(25)18-23-16(24-26-18)15-20-7-4-8-21-15/h4,6-9,14H,2-3,5,10H2,1H3. The molecule has 26 heavy (non-hydrogen) atoms. The Kier molecular flexibility index (Phi) is 4.27. The van der Waals surface area contributed by atoms with Crippen molar-refractivity contribution in [1.82, 2.24) is 25.1 Å². The largest absolute Gasteiger partial charge is 0.343 e. The topological polar surface area (TPSA) is 105 Å². The van der Waals surface area contributed by atoms with Gasteiger partial charge in [-0.2, -0.15) is 10.2 Å². The van der Waals surface area contributed by atoms with E-state index >= 15 is 0 Å². The third-order valence-corrected chi connectivity index (χ3v) is 4.52. The zero-order valence-electron chi connectivity index (χ0n) is 14.3. The van der Waals surface area contributed by atoms with Gasteiger partial charge in [0.05, 0.1) is 5.56 Å². The number of pyridine rings is 1. The van der Waals surface area contributed by atoms with Crippen molar-refractivity contribution in [2.45, 2.75) is 32.2 Å². The third kappa shape index (κ3) is 2.88. The fourth-order valence-electron chi connectivity index (χ4n) is 3.22. The van der Waals surface area contributed by atoms with Gasteiger partial charge in [0.1, 0.15) is 17.9 Å². The van der Waals surface area contributed by atoms with Crippen molar-refractivity contribution < 1.29 is 4.52 Å². The summed E-state index contributed by atoms with van der Waals surface area (Å²) in [4.78, 5) is 19.4. The van der Waals surface area contributed by atoms with E-state index in [-0.39, 0.29) is 6.04 Å². The predicted octanol–water partition coefficient (Wildman–Crippen LogP) is 2.83. The molecule has 1 aliphatic heterocycles. The van der Waals surface area contributed by atoms with E-state index in [0.29, 0.717) is 28.9 Å². The van der Waals surface area contributed by atoms with Crippen molar-refractivity contribution in [2.75, 3.05) is 11.4 Å². The van der Waals surface area contributed by atoms with Crippen LogP contribution in [0.4, 0.5) is 5.82 Å². The number of piperidine rings is 1. The zero-order valence-corrected chi connectivity index (χ0v) is 14.3. The first-order chi connectivity index (χ1) is 12.8. The van der Waals surface area contributed by atoms with Gasteiger partial charge in [-0.1, -0.05) is 5.16 Å². The lowest BCUT2D eigenvalue weighted by molar-refractivity contribution is 0.322. The minimum atomic E-state index is -0.116. The van der Waals surface area contributed by atoms with Gasteiger partial charge in [0, 0.05) is 25.1 Å². The number of rotatable bonds is 3. The maximum Gasteiger partial charge on any atom is 0.249 e. The van der Waals surface area contributed by atoms with Crippen LogP contribution < -0.4 is 4.90 Å².